The van der Waals surface area contributed by atoms with Crippen LogP contribution >= 0.6 is 0 Å². The number of hydrogen-bond acceptors (Lipinski definition) is 3. The molecular formula is C14H18N2O2. The van der Waals surface area contributed by atoms with Crippen LogP contribution in [0, 0.1) is 5.92 Å². The first-order valence-corrected chi connectivity index (χ1v) is 6.09. The van der Waals surface area contributed by atoms with E-state index >= 15 is 0 Å². The van der Waals surface area contributed by atoms with Gasteiger partial charge in [-0.15, -0.1) is 0 Å². The van der Waals surface area contributed by atoms with Crippen LogP contribution in [-0.4, -0.2) is 17.1 Å². The molecule has 0 spiro atoms. The molecule has 4 heteroatoms. The number of hydrogen-bond donors (Lipinski definition) is 3. The van der Waals surface area contributed by atoms with E-state index in [0.29, 0.717) is 13.0 Å². The van der Waals surface area contributed by atoms with E-state index in [4.69, 9.17) is 10.8 Å². The Bertz CT molecular complexity index is 440. The van der Waals surface area contributed by atoms with E-state index in [-0.39, 0.29) is 24.5 Å². The summed E-state index contributed by atoms with van der Waals surface area (Å²) in [6.07, 6.45) is 4.43. The summed E-state index contributed by atoms with van der Waals surface area (Å²) in [5.74, 6) is -0.0813. The van der Waals surface area contributed by atoms with Crippen molar-refractivity contribution in [1.29, 1.82) is 0 Å². The van der Waals surface area contributed by atoms with Gasteiger partial charge in [0, 0.05) is 12.6 Å². The minimum atomic E-state index is -0.100. The highest BCUT2D eigenvalue weighted by molar-refractivity contribution is 5.81. The Hall–Kier alpha value is -1.65. The van der Waals surface area contributed by atoms with Gasteiger partial charge in [-0.1, -0.05) is 36.4 Å². The zero-order valence-electron chi connectivity index (χ0n) is 10.2. The van der Waals surface area contributed by atoms with E-state index in [2.05, 4.69) is 5.32 Å². The first-order valence-electron chi connectivity index (χ1n) is 6.09. The average molecular weight is 246 g/mol. The Labute approximate surface area is 107 Å². The van der Waals surface area contributed by atoms with Gasteiger partial charge in [0.2, 0.25) is 5.91 Å². The van der Waals surface area contributed by atoms with E-state index in [1.807, 2.05) is 36.4 Å². The van der Waals surface area contributed by atoms with Gasteiger partial charge in [-0.3, -0.25) is 4.79 Å². The molecule has 0 saturated carbocycles. The monoisotopic (exact) mass is 246 g/mol. The van der Waals surface area contributed by atoms with Crippen LogP contribution in [0.15, 0.2) is 36.4 Å². The third-order valence-corrected chi connectivity index (χ3v) is 3.13. The molecular weight excluding hydrogens is 228 g/mol. The summed E-state index contributed by atoms with van der Waals surface area (Å²) in [5, 5.41) is 11.8. The number of nitrogens with one attached hydrogen (secondary N) is 1. The van der Waals surface area contributed by atoms with Crippen LogP contribution < -0.4 is 11.1 Å². The van der Waals surface area contributed by atoms with Crippen molar-refractivity contribution in [3.05, 3.63) is 47.5 Å². The van der Waals surface area contributed by atoms with Crippen molar-refractivity contribution in [2.45, 2.75) is 25.6 Å². The number of carbonyl (C=O) groups is 1. The summed E-state index contributed by atoms with van der Waals surface area (Å²) >= 11 is 0. The summed E-state index contributed by atoms with van der Waals surface area (Å²) in [7, 11) is 0. The van der Waals surface area contributed by atoms with Crippen molar-refractivity contribution in [2.75, 3.05) is 0 Å². The van der Waals surface area contributed by atoms with Gasteiger partial charge in [0.1, 0.15) is 0 Å². The van der Waals surface area contributed by atoms with E-state index in [9.17, 15) is 4.79 Å². The fourth-order valence-electron chi connectivity index (χ4n) is 2.00. The van der Waals surface area contributed by atoms with Crippen LogP contribution in [0.4, 0.5) is 0 Å². The minimum absolute atomic E-state index is 0.00425. The molecule has 1 aliphatic carbocycles. The van der Waals surface area contributed by atoms with Crippen LogP contribution in [0.5, 0.6) is 0 Å². The molecule has 1 aliphatic rings. The first kappa shape index (κ1) is 12.8. The van der Waals surface area contributed by atoms with Crippen molar-refractivity contribution in [3.63, 3.8) is 0 Å². The number of nitrogens with two attached hydrogens (primary N) is 1. The number of amides is 1. The highest BCUT2D eigenvalue weighted by Gasteiger charge is 2.22. The standard InChI is InChI=1S/C14H18N2O2/c15-13-6-5-12(7-13)14(18)16-8-10-1-3-11(9-17)4-2-10/h1-6,12-13,17H,7-9,15H2,(H,16,18). The minimum Gasteiger partial charge on any atom is -0.392 e. The number of carbonyl (C=O) groups excluding carboxylic acids is 1. The molecule has 0 bridgehead atoms. The molecule has 0 aliphatic heterocycles. The van der Waals surface area contributed by atoms with Crippen LogP contribution in [0.2, 0.25) is 0 Å². The third-order valence-electron chi connectivity index (χ3n) is 3.13. The first-order chi connectivity index (χ1) is 8.69. The smallest absolute Gasteiger partial charge is 0.227 e. The molecule has 2 rings (SSSR count). The molecule has 0 saturated heterocycles. The van der Waals surface area contributed by atoms with Crippen molar-refractivity contribution in [1.82, 2.24) is 5.32 Å². The van der Waals surface area contributed by atoms with Gasteiger partial charge in [-0.05, 0) is 17.5 Å². The Morgan fingerprint density at radius 1 is 1.28 bits per heavy atom. The molecule has 1 amide bonds. The molecule has 1 aromatic carbocycles. The lowest BCUT2D eigenvalue weighted by molar-refractivity contribution is -0.123. The molecule has 0 fully saturated rings. The predicted molar refractivity (Wildman–Crippen MR) is 69.4 cm³/mol. The largest absolute Gasteiger partial charge is 0.392 e. The number of rotatable bonds is 4. The lowest BCUT2D eigenvalue weighted by Crippen LogP contribution is -2.30. The summed E-state index contributed by atoms with van der Waals surface area (Å²) in [4.78, 5) is 11.8. The second-order valence-corrected chi connectivity index (χ2v) is 4.58. The molecule has 0 radical (unpaired) electrons. The number of aliphatic hydroxyl groups excluding tert-OH is 1. The zero-order valence-corrected chi connectivity index (χ0v) is 10.2. The second-order valence-electron chi connectivity index (χ2n) is 4.58. The van der Waals surface area contributed by atoms with Gasteiger partial charge < -0.3 is 16.2 Å². The fourth-order valence-corrected chi connectivity index (χ4v) is 2.00. The van der Waals surface area contributed by atoms with Crippen molar-refractivity contribution < 1.29 is 9.90 Å². The Kier molecular flexibility index (Phi) is 4.12. The highest BCUT2D eigenvalue weighted by Crippen LogP contribution is 2.16. The summed E-state index contributed by atoms with van der Waals surface area (Å²) < 4.78 is 0. The molecule has 2 unspecified atom stereocenters. The average Bonchev–Trinajstić information content (AvgIpc) is 2.83. The van der Waals surface area contributed by atoms with Crippen molar-refractivity contribution in [3.8, 4) is 0 Å². The van der Waals surface area contributed by atoms with Crippen LogP contribution in [0.25, 0.3) is 0 Å². The molecule has 1 aromatic rings. The normalized spacial score (nSPS) is 22.1. The topological polar surface area (TPSA) is 75.4 Å². The molecule has 0 heterocycles. The van der Waals surface area contributed by atoms with Gasteiger partial charge >= 0.3 is 0 Å². The summed E-state index contributed by atoms with van der Waals surface area (Å²) in [5.41, 5.74) is 7.60. The van der Waals surface area contributed by atoms with E-state index in [0.717, 1.165) is 11.1 Å². The lowest BCUT2D eigenvalue weighted by Gasteiger charge is -2.10. The van der Waals surface area contributed by atoms with Crippen molar-refractivity contribution >= 4 is 5.91 Å². The SMILES string of the molecule is NC1C=CC(C(=O)NCc2ccc(CO)cc2)C1. The Morgan fingerprint density at radius 2 is 1.94 bits per heavy atom. The lowest BCUT2D eigenvalue weighted by atomic mass is 10.1. The maximum absolute atomic E-state index is 11.8. The molecule has 18 heavy (non-hydrogen) atoms. The van der Waals surface area contributed by atoms with Gasteiger partial charge in [0.05, 0.1) is 12.5 Å². The molecule has 4 nitrogen and oxygen atoms in total. The van der Waals surface area contributed by atoms with Gasteiger partial charge in [-0.2, -0.15) is 0 Å². The Balaban J connectivity index is 1.83. The van der Waals surface area contributed by atoms with Crippen molar-refractivity contribution in [2.24, 2.45) is 11.7 Å². The number of benzene rings is 1. The van der Waals surface area contributed by atoms with Crippen LogP contribution in [0.1, 0.15) is 17.5 Å². The van der Waals surface area contributed by atoms with E-state index in [1.54, 1.807) is 0 Å². The van der Waals surface area contributed by atoms with Gasteiger partial charge in [0.15, 0.2) is 0 Å². The highest BCUT2D eigenvalue weighted by atomic mass is 16.3. The van der Waals surface area contributed by atoms with Gasteiger partial charge in [-0.25, -0.2) is 0 Å². The fraction of sp³-hybridized carbons (Fsp3) is 0.357. The maximum atomic E-state index is 11.8. The molecule has 2 atom stereocenters. The Morgan fingerprint density at radius 3 is 2.50 bits per heavy atom. The van der Waals surface area contributed by atoms with Crippen LogP contribution in [0.3, 0.4) is 0 Å². The zero-order chi connectivity index (χ0) is 13.0. The maximum Gasteiger partial charge on any atom is 0.227 e. The summed E-state index contributed by atoms with van der Waals surface area (Å²) in [6, 6.07) is 7.52. The number of aliphatic hydroxyl groups is 1. The third kappa shape index (κ3) is 3.18. The quantitative estimate of drug-likeness (QED) is 0.684. The second kappa shape index (κ2) is 5.80. The molecule has 0 aromatic heterocycles. The van der Waals surface area contributed by atoms with Crippen LogP contribution in [-0.2, 0) is 17.9 Å². The molecule has 4 N–H and O–H groups in total. The van der Waals surface area contributed by atoms with E-state index < -0.39 is 0 Å². The van der Waals surface area contributed by atoms with E-state index in [1.165, 1.54) is 0 Å². The summed E-state index contributed by atoms with van der Waals surface area (Å²) in [6.45, 7) is 0.543. The van der Waals surface area contributed by atoms with Gasteiger partial charge in [0.25, 0.3) is 0 Å². The molecule has 96 valence electrons. The predicted octanol–water partition coefficient (Wildman–Crippen LogP) is 0.698.